The molecular weight excluding hydrogens is 142 g/mol. The Bertz CT molecular complexity index is 107. The molecule has 0 saturated heterocycles. The lowest BCUT2D eigenvalue weighted by molar-refractivity contribution is 1.57. The maximum atomic E-state index is 5.36. The normalized spacial score (nSPS) is 9.88. The van der Waals surface area contributed by atoms with Crippen LogP contribution in [0.3, 0.4) is 0 Å². The second kappa shape index (κ2) is 4.05. The molecule has 0 aliphatic rings. The highest BCUT2D eigenvalue weighted by molar-refractivity contribution is 7.36. The molecule has 0 aliphatic heterocycles. The first kappa shape index (κ1) is 8.12. The average Bonchev–Trinajstić information content (AvgIpc) is 1.61. The molecule has 0 amide bonds. The molecule has 0 N–H and O–H groups in total. The van der Waals surface area contributed by atoms with Gasteiger partial charge in [-0.3, -0.25) is 0 Å². The Kier molecular flexibility index (Phi) is 4.11. The van der Waals surface area contributed by atoms with Crippen LogP contribution in [-0.4, -0.2) is 5.54 Å². The molecule has 0 bridgehead atoms. The highest BCUT2D eigenvalue weighted by Gasteiger charge is 1.95. The van der Waals surface area contributed by atoms with E-state index >= 15 is 0 Å². The molecule has 44 valence electrons. The molecule has 3 heteroatoms. The van der Waals surface area contributed by atoms with Crippen LogP contribution in [0.15, 0.2) is 24.2 Å². The van der Waals surface area contributed by atoms with Crippen LogP contribution >= 0.6 is 22.9 Å². The van der Waals surface area contributed by atoms with Gasteiger partial charge in [0.05, 0.1) is 0 Å². The number of allylic oxidation sites excluding steroid dienone is 2. The molecule has 0 spiro atoms. The first-order valence-corrected chi connectivity index (χ1v) is 3.12. The van der Waals surface area contributed by atoms with Crippen molar-refractivity contribution in [2.75, 3.05) is 0 Å². The van der Waals surface area contributed by atoms with Crippen molar-refractivity contribution < 1.29 is 0 Å². The van der Waals surface area contributed by atoms with Crippen LogP contribution in [0.4, 0.5) is 0 Å². The maximum absolute atomic E-state index is 5.36. The van der Waals surface area contributed by atoms with Gasteiger partial charge >= 0.3 is 5.54 Å². The Balaban J connectivity index is 3.50. The summed E-state index contributed by atoms with van der Waals surface area (Å²) in [4.78, 5) is 0. The zero-order valence-corrected chi connectivity index (χ0v) is 6.21. The molecule has 8 heavy (non-hydrogen) atoms. The third-order valence-electron chi connectivity index (χ3n) is 0.526. The van der Waals surface area contributed by atoms with Gasteiger partial charge in [-0.2, -0.15) is 22.9 Å². The topological polar surface area (TPSA) is 0 Å². The third kappa shape index (κ3) is 6.12. The lowest BCUT2D eigenvalue weighted by atomic mass is 10.1. The van der Waals surface area contributed by atoms with Crippen molar-refractivity contribution in [2.24, 2.45) is 0 Å². The molecule has 0 rings (SSSR count). The SMILES string of the molecule is C=C(C)C=CB(Cl)Cl. The molecule has 0 aromatic carbocycles. The van der Waals surface area contributed by atoms with Gasteiger partial charge in [-0.05, 0) is 6.92 Å². The first-order valence-electron chi connectivity index (χ1n) is 2.25. The van der Waals surface area contributed by atoms with Gasteiger partial charge in [0, 0.05) is 0 Å². The summed E-state index contributed by atoms with van der Waals surface area (Å²) in [5.74, 6) is 1.67. The van der Waals surface area contributed by atoms with Crippen molar-refractivity contribution in [2.45, 2.75) is 6.92 Å². The molecule has 0 aromatic rings. The third-order valence-corrected chi connectivity index (χ3v) is 0.817. The second-order valence-electron chi connectivity index (χ2n) is 1.54. The molecule has 0 fully saturated rings. The predicted molar refractivity (Wildman–Crippen MR) is 41.4 cm³/mol. The van der Waals surface area contributed by atoms with E-state index in [9.17, 15) is 0 Å². The van der Waals surface area contributed by atoms with Gasteiger partial charge in [-0.1, -0.05) is 24.2 Å². The van der Waals surface area contributed by atoms with Gasteiger partial charge in [0.25, 0.3) is 0 Å². The fraction of sp³-hybridized carbons (Fsp3) is 0.200. The Labute approximate surface area is 60.1 Å². The van der Waals surface area contributed by atoms with Crippen LogP contribution in [0.5, 0.6) is 0 Å². The van der Waals surface area contributed by atoms with Crippen LogP contribution in [0, 0.1) is 0 Å². The van der Waals surface area contributed by atoms with E-state index < -0.39 is 5.54 Å². The molecule has 0 radical (unpaired) electrons. The van der Waals surface area contributed by atoms with Crippen molar-refractivity contribution in [3.63, 3.8) is 0 Å². The summed E-state index contributed by atoms with van der Waals surface area (Å²) in [5.41, 5.74) is 0.544. The summed E-state index contributed by atoms with van der Waals surface area (Å²) in [6, 6.07) is 0. The summed E-state index contributed by atoms with van der Waals surface area (Å²) in [7, 11) is 0. The van der Waals surface area contributed by atoms with Crippen LogP contribution in [0.2, 0.25) is 0 Å². The van der Waals surface area contributed by atoms with E-state index in [-0.39, 0.29) is 0 Å². The molecule has 0 nitrogen and oxygen atoms in total. The Morgan fingerprint density at radius 2 is 2.12 bits per heavy atom. The van der Waals surface area contributed by atoms with Gasteiger partial charge in [0.1, 0.15) is 0 Å². The predicted octanol–water partition coefficient (Wildman–Crippen LogP) is 2.62. The van der Waals surface area contributed by atoms with Gasteiger partial charge < -0.3 is 0 Å². The molecule has 0 unspecified atom stereocenters. The average molecular weight is 149 g/mol. The lowest BCUT2D eigenvalue weighted by Crippen LogP contribution is -1.82. The summed E-state index contributed by atoms with van der Waals surface area (Å²) >= 11 is 10.7. The van der Waals surface area contributed by atoms with E-state index in [0.29, 0.717) is 0 Å². The summed E-state index contributed by atoms with van der Waals surface area (Å²) in [6.45, 7) is 5.50. The zero-order chi connectivity index (χ0) is 6.57. The van der Waals surface area contributed by atoms with E-state index in [4.69, 9.17) is 22.9 Å². The minimum absolute atomic E-state index is 0.410. The van der Waals surface area contributed by atoms with Crippen molar-refractivity contribution in [1.82, 2.24) is 0 Å². The quantitative estimate of drug-likeness (QED) is 0.418. The van der Waals surface area contributed by atoms with Crippen LogP contribution in [-0.2, 0) is 0 Å². The summed E-state index contributed by atoms with van der Waals surface area (Å²) in [5, 5.41) is 0. The number of hydrogen-bond donors (Lipinski definition) is 0. The minimum Gasteiger partial charge on any atom is -0.165 e. The number of halogens is 2. The van der Waals surface area contributed by atoms with E-state index in [2.05, 4.69) is 6.58 Å². The van der Waals surface area contributed by atoms with Crippen molar-refractivity contribution in [1.29, 1.82) is 0 Å². The van der Waals surface area contributed by atoms with E-state index in [1.807, 2.05) is 6.92 Å². The van der Waals surface area contributed by atoms with Gasteiger partial charge in [0.2, 0.25) is 0 Å². The summed E-state index contributed by atoms with van der Waals surface area (Å²) in [6.07, 6.45) is 1.78. The Morgan fingerprint density at radius 1 is 1.62 bits per heavy atom. The second-order valence-corrected chi connectivity index (χ2v) is 2.70. The van der Waals surface area contributed by atoms with Gasteiger partial charge in [-0.25, -0.2) is 0 Å². The van der Waals surface area contributed by atoms with Crippen molar-refractivity contribution in [3.8, 4) is 0 Å². The summed E-state index contributed by atoms with van der Waals surface area (Å²) < 4.78 is 0. The Morgan fingerprint density at radius 3 is 2.25 bits per heavy atom. The smallest absolute Gasteiger partial charge is 0.165 e. The highest BCUT2D eigenvalue weighted by Crippen LogP contribution is 1.99. The maximum Gasteiger partial charge on any atom is 0.375 e. The lowest BCUT2D eigenvalue weighted by Gasteiger charge is -1.83. The van der Waals surface area contributed by atoms with E-state index in [1.165, 1.54) is 0 Å². The zero-order valence-electron chi connectivity index (χ0n) is 4.70. The molecule has 0 heterocycles. The van der Waals surface area contributed by atoms with Crippen molar-refractivity contribution in [3.05, 3.63) is 24.2 Å². The standard InChI is InChI=1S/C5H7BCl2/c1-5(2)3-4-6(7)8/h3-4H,1H2,2H3. The molecular formula is C5H7BCl2. The minimum atomic E-state index is -0.410. The van der Waals surface area contributed by atoms with Crippen LogP contribution < -0.4 is 0 Å². The van der Waals surface area contributed by atoms with E-state index in [1.54, 1.807) is 12.1 Å². The van der Waals surface area contributed by atoms with Gasteiger partial charge in [0.15, 0.2) is 0 Å². The molecule has 0 saturated carbocycles. The number of hydrogen-bond acceptors (Lipinski definition) is 0. The largest absolute Gasteiger partial charge is 0.375 e. The molecule has 0 aromatic heterocycles. The number of rotatable bonds is 2. The Hall–Kier alpha value is 0.125. The monoisotopic (exact) mass is 148 g/mol. The highest BCUT2D eigenvalue weighted by atomic mass is 35.5. The fourth-order valence-corrected chi connectivity index (χ4v) is 0.382. The molecule has 0 atom stereocenters. The van der Waals surface area contributed by atoms with Crippen LogP contribution in [0.1, 0.15) is 6.92 Å². The first-order chi connectivity index (χ1) is 3.63. The van der Waals surface area contributed by atoms with Gasteiger partial charge in [-0.15, -0.1) is 0 Å². The van der Waals surface area contributed by atoms with E-state index in [0.717, 1.165) is 5.57 Å². The van der Waals surface area contributed by atoms with Crippen LogP contribution in [0.25, 0.3) is 0 Å². The fourth-order valence-electron chi connectivity index (χ4n) is 0.237. The van der Waals surface area contributed by atoms with Crippen molar-refractivity contribution >= 4 is 28.5 Å². The molecule has 0 aliphatic carbocycles.